The highest BCUT2D eigenvalue weighted by Gasteiger charge is 2.31. The molecule has 0 saturated heterocycles. The number of benzene rings is 2. The fourth-order valence-electron chi connectivity index (χ4n) is 4.87. The average molecular weight is 609 g/mol. The van der Waals surface area contributed by atoms with E-state index in [4.69, 9.17) is 28.7 Å². The Balaban J connectivity index is 2.26. The highest BCUT2D eigenvalue weighted by atomic mass is 16.2. The normalized spacial score (nSPS) is 13.6. The summed E-state index contributed by atoms with van der Waals surface area (Å²) in [6.45, 7) is 2.63. The number of ketones is 1. The SMILES string of the molecule is Cc1ccccc1C[C@H](CC(=O)[C@@H](CCCN=C(N)N)NC(=O)[C@@H](N)Cc1ccccc1)C(=O)N[C@@H](CCCCN)C(N)=O. The lowest BCUT2D eigenvalue weighted by Crippen LogP contribution is -2.51. The van der Waals surface area contributed by atoms with E-state index >= 15 is 0 Å². The molecule has 0 unspecified atom stereocenters. The molecule has 0 saturated carbocycles. The summed E-state index contributed by atoms with van der Waals surface area (Å²) in [7, 11) is 0. The van der Waals surface area contributed by atoms with Crippen LogP contribution in [0.1, 0.15) is 55.2 Å². The van der Waals surface area contributed by atoms with Crippen LogP contribution in [-0.4, -0.2) is 60.7 Å². The summed E-state index contributed by atoms with van der Waals surface area (Å²) in [6, 6.07) is 14.2. The van der Waals surface area contributed by atoms with Gasteiger partial charge in [-0.3, -0.25) is 24.2 Å². The minimum absolute atomic E-state index is 0.0766. The van der Waals surface area contributed by atoms with Crippen molar-refractivity contribution < 1.29 is 19.2 Å². The van der Waals surface area contributed by atoms with Crippen molar-refractivity contribution in [2.24, 2.45) is 39.6 Å². The standard InChI is InChI=1S/C32H48N8O4/c1-21-10-5-6-13-23(21)19-24(30(43)40-27(29(35)42)14-7-8-16-33)20-28(41)26(15-9-17-38-32(36)37)39-31(44)25(34)18-22-11-3-2-4-12-22/h2-6,10-13,24-27H,7-9,14-20,33-34H2,1H3,(H2,35,42)(H,39,44)(H,40,43)(H4,36,37,38)/t24-,25+,26-,27+/m1/s1. The molecule has 0 aromatic heterocycles. The number of rotatable bonds is 20. The number of hydrogen-bond acceptors (Lipinski definition) is 7. The molecule has 12 heteroatoms. The van der Waals surface area contributed by atoms with Crippen LogP contribution in [0.5, 0.6) is 0 Å². The van der Waals surface area contributed by atoms with Gasteiger partial charge in [0.05, 0.1) is 12.1 Å². The zero-order valence-corrected chi connectivity index (χ0v) is 25.5. The number of hydrogen-bond donors (Lipinski definition) is 7. The highest BCUT2D eigenvalue weighted by molar-refractivity contribution is 5.94. The fourth-order valence-corrected chi connectivity index (χ4v) is 4.87. The molecule has 3 amide bonds. The zero-order chi connectivity index (χ0) is 32.5. The summed E-state index contributed by atoms with van der Waals surface area (Å²) in [5.41, 5.74) is 31.0. The molecule has 0 aliphatic carbocycles. The van der Waals surface area contributed by atoms with Gasteiger partial charge >= 0.3 is 0 Å². The summed E-state index contributed by atoms with van der Waals surface area (Å²) < 4.78 is 0. The largest absolute Gasteiger partial charge is 0.370 e. The summed E-state index contributed by atoms with van der Waals surface area (Å²) in [5, 5.41) is 5.55. The molecule has 0 radical (unpaired) electrons. The van der Waals surface area contributed by atoms with Gasteiger partial charge < -0.3 is 39.3 Å². The minimum atomic E-state index is -0.929. The van der Waals surface area contributed by atoms with Gasteiger partial charge in [-0.2, -0.15) is 0 Å². The second-order valence-corrected chi connectivity index (χ2v) is 11.1. The maximum atomic E-state index is 13.8. The third kappa shape index (κ3) is 12.9. The Kier molecular flexibility index (Phi) is 15.6. The number of carbonyl (C=O) groups is 4. The molecular formula is C32H48N8O4. The van der Waals surface area contributed by atoms with E-state index in [1.807, 2.05) is 61.5 Å². The van der Waals surface area contributed by atoms with Gasteiger partial charge in [-0.05, 0) is 75.1 Å². The third-order valence-corrected chi connectivity index (χ3v) is 7.44. The number of aryl methyl sites for hydroxylation is 1. The number of nitrogens with two attached hydrogens (primary N) is 5. The molecule has 2 rings (SSSR count). The second-order valence-electron chi connectivity index (χ2n) is 11.1. The van der Waals surface area contributed by atoms with Gasteiger partial charge in [0.15, 0.2) is 11.7 Å². The Morgan fingerprint density at radius 1 is 0.795 bits per heavy atom. The molecular weight excluding hydrogens is 560 g/mol. The smallest absolute Gasteiger partial charge is 0.239 e. The average Bonchev–Trinajstić information content (AvgIpc) is 2.98. The molecule has 12 nitrogen and oxygen atoms in total. The van der Waals surface area contributed by atoms with Gasteiger partial charge in [-0.25, -0.2) is 0 Å². The Hall–Kier alpha value is -4.29. The number of nitrogens with one attached hydrogen (secondary N) is 2. The molecule has 240 valence electrons. The summed E-state index contributed by atoms with van der Waals surface area (Å²) in [6.07, 6.45) is 2.63. The van der Waals surface area contributed by atoms with E-state index in [1.54, 1.807) is 0 Å². The van der Waals surface area contributed by atoms with Crippen molar-refractivity contribution in [3.8, 4) is 0 Å². The molecule has 0 aliphatic rings. The van der Waals surface area contributed by atoms with Gasteiger partial charge in [-0.1, -0.05) is 54.6 Å². The van der Waals surface area contributed by atoms with E-state index in [0.29, 0.717) is 38.6 Å². The molecule has 2 aromatic rings. The monoisotopic (exact) mass is 608 g/mol. The van der Waals surface area contributed by atoms with Crippen LogP contribution < -0.4 is 39.3 Å². The van der Waals surface area contributed by atoms with Crippen LogP contribution in [0.25, 0.3) is 0 Å². The number of amides is 3. The topological polar surface area (TPSA) is 235 Å². The van der Waals surface area contributed by atoms with Gasteiger partial charge in [0.1, 0.15) is 6.04 Å². The van der Waals surface area contributed by atoms with E-state index in [-0.39, 0.29) is 37.6 Å². The predicted molar refractivity (Wildman–Crippen MR) is 172 cm³/mol. The Morgan fingerprint density at radius 3 is 2.07 bits per heavy atom. The fraction of sp³-hybridized carbons (Fsp3) is 0.469. The molecule has 12 N–H and O–H groups in total. The van der Waals surface area contributed by atoms with Gasteiger partial charge in [0.25, 0.3) is 0 Å². The van der Waals surface area contributed by atoms with Gasteiger partial charge in [0.2, 0.25) is 17.7 Å². The van der Waals surface area contributed by atoms with Crippen molar-refractivity contribution in [2.75, 3.05) is 13.1 Å². The van der Waals surface area contributed by atoms with E-state index in [1.165, 1.54) is 0 Å². The van der Waals surface area contributed by atoms with Gasteiger partial charge in [0, 0.05) is 18.9 Å². The quantitative estimate of drug-likeness (QED) is 0.0626. The first kappa shape index (κ1) is 35.9. The second kappa shape index (κ2) is 19.1. The molecule has 4 atom stereocenters. The third-order valence-electron chi connectivity index (χ3n) is 7.44. The van der Waals surface area contributed by atoms with Crippen LogP contribution in [0.2, 0.25) is 0 Å². The first-order chi connectivity index (χ1) is 21.0. The lowest BCUT2D eigenvalue weighted by Gasteiger charge is -2.24. The lowest BCUT2D eigenvalue weighted by atomic mass is 9.88. The van der Waals surface area contributed by atoms with E-state index in [9.17, 15) is 19.2 Å². The lowest BCUT2D eigenvalue weighted by molar-refractivity contribution is -0.133. The van der Waals surface area contributed by atoms with E-state index in [2.05, 4.69) is 15.6 Å². The Bertz CT molecular complexity index is 1250. The minimum Gasteiger partial charge on any atom is -0.370 e. The van der Waals surface area contributed by atoms with Crippen LogP contribution in [-0.2, 0) is 32.0 Å². The molecule has 0 fully saturated rings. The predicted octanol–water partition coefficient (Wildman–Crippen LogP) is 0.320. The molecule has 0 aliphatic heterocycles. The van der Waals surface area contributed by atoms with Crippen molar-refractivity contribution in [3.05, 3.63) is 71.3 Å². The van der Waals surface area contributed by atoms with Crippen LogP contribution in [0.4, 0.5) is 0 Å². The highest BCUT2D eigenvalue weighted by Crippen LogP contribution is 2.19. The first-order valence-corrected chi connectivity index (χ1v) is 15.0. The van der Waals surface area contributed by atoms with Crippen molar-refractivity contribution in [1.29, 1.82) is 0 Å². The van der Waals surface area contributed by atoms with E-state index < -0.39 is 41.8 Å². The molecule has 2 aromatic carbocycles. The van der Waals surface area contributed by atoms with Crippen LogP contribution in [0, 0.1) is 12.8 Å². The molecule has 44 heavy (non-hydrogen) atoms. The molecule has 0 spiro atoms. The number of nitrogens with zero attached hydrogens (tertiary/aromatic N) is 1. The van der Waals surface area contributed by atoms with Crippen LogP contribution in [0.15, 0.2) is 59.6 Å². The molecule has 0 heterocycles. The van der Waals surface area contributed by atoms with Crippen molar-refractivity contribution in [3.63, 3.8) is 0 Å². The summed E-state index contributed by atoms with van der Waals surface area (Å²) >= 11 is 0. The van der Waals surface area contributed by atoms with Crippen LogP contribution >= 0.6 is 0 Å². The van der Waals surface area contributed by atoms with Crippen molar-refractivity contribution in [2.45, 2.75) is 76.4 Å². The number of Topliss-reactive ketones (excluding diaryl/α,β-unsaturated/α-hetero) is 1. The molecule has 0 bridgehead atoms. The summed E-state index contributed by atoms with van der Waals surface area (Å²) in [4.78, 5) is 56.6. The van der Waals surface area contributed by atoms with Crippen molar-refractivity contribution in [1.82, 2.24) is 10.6 Å². The number of guanidine groups is 1. The number of primary amides is 1. The number of carbonyl (C=O) groups excluding carboxylic acids is 4. The maximum absolute atomic E-state index is 13.8. The summed E-state index contributed by atoms with van der Waals surface area (Å²) in [5.74, 6) is -2.86. The number of unbranched alkanes of at least 4 members (excludes halogenated alkanes) is 1. The van der Waals surface area contributed by atoms with E-state index in [0.717, 1.165) is 16.7 Å². The first-order valence-electron chi connectivity index (χ1n) is 15.0. The zero-order valence-electron chi connectivity index (χ0n) is 25.5. The van der Waals surface area contributed by atoms with Gasteiger partial charge in [-0.15, -0.1) is 0 Å². The maximum Gasteiger partial charge on any atom is 0.239 e. The van der Waals surface area contributed by atoms with Crippen molar-refractivity contribution >= 4 is 29.5 Å². The Morgan fingerprint density at radius 2 is 1.43 bits per heavy atom. The van der Waals surface area contributed by atoms with Crippen LogP contribution in [0.3, 0.4) is 0 Å². The Labute approximate surface area is 259 Å². The number of aliphatic imine (C=N–C) groups is 1.